The van der Waals surface area contributed by atoms with Crippen LogP contribution in [0.1, 0.15) is 45.1 Å². The van der Waals surface area contributed by atoms with Crippen LogP contribution in [0.2, 0.25) is 5.02 Å². The zero-order valence-corrected chi connectivity index (χ0v) is 15.9. The molecule has 6 heteroatoms. The van der Waals surface area contributed by atoms with Crippen molar-refractivity contribution in [1.82, 2.24) is 4.90 Å². The molecule has 1 aromatic rings. The van der Waals surface area contributed by atoms with E-state index in [0.717, 1.165) is 11.3 Å². The predicted molar refractivity (Wildman–Crippen MR) is 95.9 cm³/mol. The number of hydrogen-bond donors (Lipinski definition) is 1. The first-order valence-electron chi connectivity index (χ1n) is 8.06. The highest BCUT2D eigenvalue weighted by Gasteiger charge is 2.22. The Bertz CT molecular complexity index is 542. The Balaban J connectivity index is 2.80. The molecule has 0 fully saturated rings. The zero-order valence-electron chi connectivity index (χ0n) is 15.1. The number of aliphatic hydroxyl groups excluding tert-OH is 1. The van der Waals surface area contributed by atoms with E-state index in [1.54, 1.807) is 25.1 Å². The van der Waals surface area contributed by atoms with E-state index in [-0.39, 0.29) is 18.6 Å². The van der Waals surface area contributed by atoms with Crippen LogP contribution < -0.4 is 4.74 Å². The summed E-state index contributed by atoms with van der Waals surface area (Å²) in [6.07, 6.45) is 0.884. The predicted octanol–water partition coefficient (Wildman–Crippen LogP) is 4.07. The highest BCUT2D eigenvalue weighted by Crippen LogP contribution is 2.33. The summed E-state index contributed by atoms with van der Waals surface area (Å²) in [6, 6.07) is 5.44. The average Bonchev–Trinajstić information content (AvgIpc) is 2.49. The summed E-state index contributed by atoms with van der Waals surface area (Å²) < 4.78 is 10.8. The molecule has 0 aliphatic heterocycles. The molecule has 0 saturated heterocycles. The normalized spacial score (nSPS) is 12.6. The molecule has 0 aliphatic carbocycles. The first-order chi connectivity index (χ1) is 11.2. The van der Waals surface area contributed by atoms with E-state index in [4.69, 9.17) is 21.1 Å². The second-order valence-corrected chi connectivity index (χ2v) is 7.22. The van der Waals surface area contributed by atoms with Gasteiger partial charge in [-0.15, -0.1) is 0 Å². The first-order valence-corrected chi connectivity index (χ1v) is 8.44. The molecule has 136 valence electrons. The summed E-state index contributed by atoms with van der Waals surface area (Å²) in [5, 5.41) is 10.00. The quantitative estimate of drug-likeness (QED) is 0.799. The third kappa shape index (κ3) is 6.57. The third-order valence-corrected chi connectivity index (χ3v) is 3.86. The molecule has 0 aromatic heterocycles. The Hall–Kier alpha value is -1.46. The molecule has 1 atom stereocenters. The molecule has 1 unspecified atom stereocenters. The maximum atomic E-state index is 12.1. The lowest BCUT2D eigenvalue weighted by Crippen LogP contribution is -2.35. The van der Waals surface area contributed by atoms with Crippen LogP contribution in [0.3, 0.4) is 0 Å². The second kappa shape index (κ2) is 9.14. The van der Waals surface area contributed by atoms with Crippen LogP contribution in [0.5, 0.6) is 5.75 Å². The minimum atomic E-state index is -0.522. The lowest BCUT2D eigenvalue weighted by molar-refractivity contribution is 0.0293. The summed E-state index contributed by atoms with van der Waals surface area (Å²) in [5.74, 6) is 0.770. The van der Waals surface area contributed by atoms with Gasteiger partial charge in [-0.05, 0) is 63.3 Å². The van der Waals surface area contributed by atoms with E-state index in [0.29, 0.717) is 24.4 Å². The molecular weight excluding hydrogens is 330 g/mol. The summed E-state index contributed by atoms with van der Waals surface area (Å²) in [6.45, 7) is 6.07. The standard InChI is InChI=1S/C18H28ClNO4/c1-18(2,3)24-17(22)20(4)10-8-13(9-11-21)15-12-14(19)6-7-16(15)23-5/h6-7,12-13,21H,8-11H2,1-5H3. The van der Waals surface area contributed by atoms with Crippen molar-refractivity contribution in [1.29, 1.82) is 0 Å². The number of methoxy groups -OCH3 is 1. The Morgan fingerprint density at radius 2 is 2.00 bits per heavy atom. The maximum Gasteiger partial charge on any atom is 0.410 e. The van der Waals surface area contributed by atoms with Gasteiger partial charge in [0, 0.05) is 25.2 Å². The Morgan fingerprint density at radius 3 is 2.54 bits per heavy atom. The van der Waals surface area contributed by atoms with Crippen molar-refractivity contribution in [2.75, 3.05) is 27.3 Å². The van der Waals surface area contributed by atoms with Gasteiger partial charge in [-0.25, -0.2) is 4.79 Å². The fraction of sp³-hybridized carbons (Fsp3) is 0.611. The van der Waals surface area contributed by atoms with Gasteiger partial charge in [0.15, 0.2) is 0 Å². The summed E-state index contributed by atoms with van der Waals surface area (Å²) in [7, 11) is 3.31. The SMILES string of the molecule is COc1ccc(Cl)cc1C(CCO)CCN(C)C(=O)OC(C)(C)C. The van der Waals surface area contributed by atoms with Crippen LogP contribution in [0.15, 0.2) is 18.2 Å². The summed E-state index contributed by atoms with van der Waals surface area (Å²) >= 11 is 6.10. The number of benzene rings is 1. The molecule has 0 heterocycles. The molecule has 1 N–H and O–H groups in total. The molecule has 0 bridgehead atoms. The molecule has 0 aliphatic rings. The average molecular weight is 358 g/mol. The zero-order chi connectivity index (χ0) is 18.3. The van der Waals surface area contributed by atoms with Crippen molar-refractivity contribution >= 4 is 17.7 Å². The van der Waals surface area contributed by atoms with Crippen molar-refractivity contribution in [3.05, 3.63) is 28.8 Å². The Kier molecular flexibility index (Phi) is 7.84. The van der Waals surface area contributed by atoms with Gasteiger partial charge in [0.25, 0.3) is 0 Å². The van der Waals surface area contributed by atoms with E-state index in [9.17, 15) is 9.90 Å². The lowest BCUT2D eigenvalue weighted by Gasteiger charge is -2.26. The first kappa shape index (κ1) is 20.6. The minimum Gasteiger partial charge on any atom is -0.496 e. The van der Waals surface area contributed by atoms with E-state index in [1.165, 1.54) is 0 Å². The van der Waals surface area contributed by atoms with E-state index >= 15 is 0 Å². The highest BCUT2D eigenvalue weighted by atomic mass is 35.5. The third-order valence-electron chi connectivity index (χ3n) is 3.63. The van der Waals surface area contributed by atoms with Crippen molar-refractivity contribution < 1.29 is 19.4 Å². The van der Waals surface area contributed by atoms with Crippen molar-refractivity contribution in [3.8, 4) is 5.75 Å². The van der Waals surface area contributed by atoms with Crippen LogP contribution in [0, 0.1) is 0 Å². The van der Waals surface area contributed by atoms with Gasteiger partial charge in [0.2, 0.25) is 0 Å². The van der Waals surface area contributed by atoms with Crippen molar-refractivity contribution in [2.45, 2.75) is 45.1 Å². The van der Waals surface area contributed by atoms with Crippen molar-refractivity contribution in [2.24, 2.45) is 0 Å². The lowest BCUT2D eigenvalue weighted by atomic mass is 9.92. The van der Waals surface area contributed by atoms with Crippen LogP contribution in [0.25, 0.3) is 0 Å². The number of carbonyl (C=O) groups is 1. The molecule has 0 radical (unpaired) electrons. The maximum absolute atomic E-state index is 12.1. The number of amides is 1. The van der Waals surface area contributed by atoms with Crippen LogP contribution in [-0.4, -0.2) is 49.0 Å². The van der Waals surface area contributed by atoms with Gasteiger partial charge in [-0.3, -0.25) is 0 Å². The van der Waals surface area contributed by atoms with Gasteiger partial charge < -0.3 is 19.5 Å². The molecule has 1 amide bonds. The highest BCUT2D eigenvalue weighted by molar-refractivity contribution is 6.30. The number of halogens is 1. The number of nitrogens with zero attached hydrogens (tertiary/aromatic N) is 1. The van der Waals surface area contributed by atoms with Gasteiger partial charge >= 0.3 is 6.09 Å². The van der Waals surface area contributed by atoms with Gasteiger partial charge in [0.1, 0.15) is 11.4 Å². The fourth-order valence-corrected chi connectivity index (χ4v) is 2.60. The van der Waals surface area contributed by atoms with E-state index in [1.807, 2.05) is 32.9 Å². The largest absolute Gasteiger partial charge is 0.496 e. The molecule has 0 spiro atoms. The fourth-order valence-electron chi connectivity index (χ4n) is 2.42. The van der Waals surface area contributed by atoms with Gasteiger partial charge in [0.05, 0.1) is 7.11 Å². The van der Waals surface area contributed by atoms with Crippen LogP contribution in [0.4, 0.5) is 4.79 Å². The number of ether oxygens (including phenoxy) is 2. The van der Waals surface area contributed by atoms with Crippen LogP contribution in [-0.2, 0) is 4.74 Å². The number of aliphatic hydroxyl groups is 1. The van der Waals surface area contributed by atoms with E-state index in [2.05, 4.69) is 0 Å². The second-order valence-electron chi connectivity index (χ2n) is 6.79. The number of rotatable bonds is 7. The summed E-state index contributed by atoms with van der Waals surface area (Å²) in [5.41, 5.74) is 0.420. The Labute approximate surface area is 149 Å². The topological polar surface area (TPSA) is 59.0 Å². The summed E-state index contributed by atoms with van der Waals surface area (Å²) in [4.78, 5) is 13.6. The molecule has 24 heavy (non-hydrogen) atoms. The molecular formula is C18H28ClNO4. The van der Waals surface area contributed by atoms with Crippen molar-refractivity contribution in [3.63, 3.8) is 0 Å². The number of hydrogen-bond acceptors (Lipinski definition) is 4. The van der Waals surface area contributed by atoms with Gasteiger partial charge in [-0.1, -0.05) is 11.6 Å². The minimum absolute atomic E-state index is 0.0357. The smallest absolute Gasteiger partial charge is 0.410 e. The van der Waals surface area contributed by atoms with Gasteiger partial charge in [-0.2, -0.15) is 0 Å². The Morgan fingerprint density at radius 1 is 1.33 bits per heavy atom. The monoisotopic (exact) mass is 357 g/mol. The molecule has 5 nitrogen and oxygen atoms in total. The number of carbonyl (C=O) groups excluding carboxylic acids is 1. The van der Waals surface area contributed by atoms with Crippen LogP contribution >= 0.6 is 11.6 Å². The molecule has 1 rings (SSSR count). The molecule has 1 aromatic carbocycles. The van der Waals surface area contributed by atoms with E-state index < -0.39 is 5.60 Å². The molecule has 0 saturated carbocycles.